The lowest BCUT2D eigenvalue weighted by molar-refractivity contribution is 0.0746. The average Bonchev–Trinajstić information content (AvgIpc) is 3.13. The maximum atomic E-state index is 12.8. The van der Waals surface area contributed by atoms with E-state index < -0.39 is 0 Å². The Morgan fingerprint density at radius 3 is 2.67 bits per heavy atom. The molecule has 1 fully saturated rings. The molecule has 5 heteroatoms. The molecule has 1 saturated carbocycles. The van der Waals surface area contributed by atoms with Crippen LogP contribution >= 0.6 is 0 Å². The maximum Gasteiger partial charge on any atom is 0.272 e. The number of amides is 1. The van der Waals surface area contributed by atoms with Crippen molar-refractivity contribution in [3.05, 3.63) is 53.9 Å². The smallest absolute Gasteiger partial charge is 0.272 e. The van der Waals surface area contributed by atoms with E-state index in [9.17, 15) is 4.79 Å². The summed E-state index contributed by atoms with van der Waals surface area (Å²) in [6.07, 6.45) is 6.45. The van der Waals surface area contributed by atoms with Crippen molar-refractivity contribution in [3.8, 4) is 0 Å². The topological polar surface area (TPSA) is 58.1 Å². The van der Waals surface area contributed by atoms with Gasteiger partial charge in [0.25, 0.3) is 5.91 Å². The summed E-state index contributed by atoms with van der Waals surface area (Å²) in [5, 5.41) is 3.35. The average molecular weight is 324 g/mol. The van der Waals surface area contributed by atoms with Crippen molar-refractivity contribution in [2.45, 2.75) is 45.2 Å². The van der Waals surface area contributed by atoms with Gasteiger partial charge in [-0.3, -0.25) is 4.79 Å². The lowest BCUT2D eigenvalue weighted by atomic mass is 10.2. The van der Waals surface area contributed by atoms with E-state index in [1.165, 1.54) is 12.8 Å². The first-order chi connectivity index (χ1) is 11.8. The van der Waals surface area contributed by atoms with Gasteiger partial charge in [0.2, 0.25) is 5.95 Å². The number of hydrogen-bond acceptors (Lipinski definition) is 4. The molecule has 0 radical (unpaired) electrons. The quantitative estimate of drug-likeness (QED) is 0.883. The standard InChI is InChI=1S/C19H24N4O/c1-2-23(14-15-8-4-3-5-9-15)18(24)17-12-13-20-19(22-17)21-16-10-6-7-11-16/h3-5,8-9,12-13,16H,2,6-7,10-11,14H2,1H3,(H,20,21,22). The number of rotatable bonds is 6. The summed E-state index contributed by atoms with van der Waals surface area (Å²) >= 11 is 0. The molecule has 0 bridgehead atoms. The van der Waals surface area contributed by atoms with Crippen LogP contribution in [0.4, 0.5) is 5.95 Å². The second kappa shape index (κ2) is 7.90. The Balaban J connectivity index is 1.70. The zero-order valence-electron chi connectivity index (χ0n) is 14.1. The largest absolute Gasteiger partial charge is 0.351 e. The van der Waals surface area contributed by atoms with Gasteiger partial charge in [-0.1, -0.05) is 43.2 Å². The number of nitrogens with zero attached hydrogens (tertiary/aromatic N) is 3. The third-order valence-corrected chi connectivity index (χ3v) is 4.45. The summed E-state index contributed by atoms with van der Waals surface area (Å²) in [6.45, 7) is 3.22. The van der Waals surface area contributed by atoms with Crippen LogP contribution in [0.15, 0.2) is 42.6 Å². The van der Waals surface area contributed by atoms with Crippen LogP contribution in [0.25, 0.3) is 0 Å². The molecule has 24 heavy (non-hydrogen) atoms. The molecule has 1 aliphatic carbocycles. The molecular formula is C19H24N4O. The molecule has 1 heterocycles. The van der Waals surface area contributed by atoms with E-state index in [0.29, 0.717) is 30.8 Å². The van der Waals surface area contributed by atoms with E-state index in [4.69, 9.17) is 0 Å². The monoisotopic (exact) mass is 324 g/mol. The van der Waals surface area contributed by atoms with E-state index in [0.717, 1.165) is 18.4 Å². The summed E-state index contributed by atoms with van der Waals surface area (Å²) in [6, 6.07) is 12.1. The predicted molar refractivity (Wildman–Crippen MR) is 94.8 cm³/mol. The number of anilines is 1. The Bertz CT molecular complexity index is 668. The molecule has 0 atom stereocenters. The van der Waals surface area contributed by atoms with E-state index in [2.05, 4.69) is 15.3 Å². The van der Waals surface area contributed by atoms with Crippen LogP contribution in [0.5, 0.6) is 0 Å². The number of aromatic nitrogens is 2. The van der Waals surface area contributed by atoms with Crippen molar-refractivity contribution in [3.63, 3.8) is 0 Å². The summed E-state index contributed by atoms with van der Waals surface area (Å²) in [5.41, 5.74) is 1.56. The molecule has 2 aromatic rings. The van der Waals surface area contributed by atoms with Gasteiger partial charge < -0.3 is 10.2 Å². The van der Waals surface area contributed by atoms with E-state index in [-0.39, 0.29) is 5.91 Å². The van der Waals surface area contributed by atoms with Gasteiger partial charge in [-0.25, -0.2) is 9.97 Å². The Labute approximate surface area is 143 Å². The molecule has 1 amide bonds. The van der Waals surface area contributed by atoms with Crippen molar-refractivity contribution >= 4 is 11.9 Å². The molecule has 5 nitrogen and oxygen atoms in total. The molecule has 0 spiro atoms. The van der Waals surface area contributed by atoms with Crippen molar-refractivity contribution in [2.24, 2.45) is 0 Å². The van der Waals surface area contributed by atoms with Gasteiger partial charge in [0, 0.05) is 25.3 Å². The number of hydrogen-bond donors (Lipinski definition) is 1. The van der Waals surface area contributed by atoms with Crippen LogP contribution in [0.2, 0.25) is 0 Å². The van der Waals surface area contributed by atoms with Gasteiger partial charge >= 0.3 is 0 Å². The number of carbonyl (C=O) groups excluding carboxylic acids is 1. The third-order valence-electron chi connectivity index (χ3n) is 4.45. The Morgan fingerprint density at radius 2 is 1.96 bits per heavy atom. The fourth-order valence-electron chi connectivity index (χ4n) is 3.09. The first-order valence-electron chi connectivity index (χ1n) is 8.69. The third kappa shape index (κ3) is 4.10. The fraction of sp³-hybridized carbons (Fsp3) is 0.421. The molecule has 0 unspecified atom stereocenters. The van der Waals surface area contributed by atoms with Gasteiger partial charge in [-0.15, -0.1) is 0 Å². The van der Waals surface area contributed by atoms with Crippen molar-refractivity contribution in [1.29, 1.82) is 0 Å². The van der Waals surface area contributed by atoms with E-state index >= 15 is 0 Å². The second-order valence-electron chi connectivity index (χ2n) is 6.20. The summed E-state index contributed by atoms with van der Waals surface area (Å²) in [5.74, 6) is 0.502. The molecule has 1 aliphatic rings. The van der Waals surface area contributed by atoms with Crippen LogP contribution in [0.1, 0.15) is 48.7 Å². The maximum absolute atomic E-state index is 12.8. The van der Waals surface area contributed by atoms with Gasteiger partial charge in [-0.2, -0.15) is 0 Å². The zero-order chi connectivity index (χ0) is 16.8. The first-order valence-corrected chi connectivity index (χ1v) is 8.69. The lowest BCUT2D eigenvalue weighted by Crippen LogP contribution is -2.31. The minimum Gasteiger partial charge on any atom is -0.351 e. The normalized spacial score (nSPS) is 14.5. The van der Waals surface area contributed by atoms with Crippen LogP contribution < -0.4 is 5.32 Å². The Hall–Kier alpha value is -2.43. The molecule has 1 aromatic carbocycles. The minimum absolute atomic E-state index is 0.0572. The fourth-order valence-corrected chi connectivity index (χ4v) is 3.09. The molecule has 1 N–H and O–H groups in total. The molecule has 0 aliphatic heterocycles. The minimum atomic E-state index is -0.0572. The highest BCUT2D eigenvalue weighted by Crippen LogP contribution is 2.20. The van der Waals surface area contributed by atoms with Crippen LogP contribution in [-0.2, 0) is 6.54 Å². The molecule has 3 rings (SSSR count). The van der Waals surface area contributed by atoms with Gasteiger partial charge in [0.15, 0.2) is 0 Å². The highest BCUT2D eigenvalue weighted by molar-refractivity contribution is 5.92. The van der Waals surface area contributed by atoms with Crippen molar-refractivity contribution in [1.82, 2.24) is 14.9 Å². The number of nitrogens with one attached hydrogen (secondary N) is 1. The second-order valence-corrected chi connectivity index (χ2v) is 6.20. The summed E-state index contributed by atoms with van der Waals surface area (Å²) in [4.78, 5) is 23.3. The summed E-state index contributed by atoms with van der Waals surface area (Å²) < 4.78 is 0. The van der Waals surface area contributed by atoms with Crippen LogP contribution in [-0.4, -0.2) is 33.4 Å². The first kappa shape index (κ1) is 16.4. The number of benzene rings is 1. The Morgan fingerprint density at radius 1 is 1.21 bits per heavy atom. The lowest BCUT2D eigenvalue weighted by Gasteiger charge is -2.21. The van der Waals surface area contributed by atoms with Gasteiger partial charge in [0.05, 0.1) is 0 Å². The van der Waals surface area contributed by atoms with E-state index in [1.807, 2.05) is 37.3 Å². The van der Waals surface area contributed by atoms with Crippen LogP contribution in [0.3, 0.4) is 0 Å². The zero-order valence-corrected chi connectivity index (χ0v) is 14.1. The highest BCUT2D eigenvalue weighted by atomic mass is 16.2. The van der Waals surface area contributed by atoms with Crippen LogP contribution in [0, 0.1) is 0 Å². The highest BCUT2D eigenvalue weighted by Gasteiger charge is 2.19. The SMILES string of the molecule is CCN(Cc1ccccc1)C(=O)c1ccnc(NC2CCCC2)n1. The molecule has 0 saturated heterocycles. The molecule has 1 aromatic heterocycles. The van der Waals surface area contributed by atoms with Crippen molar-refractivity contribution in [2.75, 3.05) is 11.9 Å². The van der Waals surface area contributed by atoms with E-state index in [1.54, 1.807) is 17.2 Å². The van der Waals surface area contributed by atoms with Gasteiger partial charge in [-0.05, 0) is 31.4 Å². The van der Waals surface area contributed by atoms with Gasteiger partial charge in [0.1, 0.15) is 5.69 Å². The van der Waals surface area contributed by atoms with Crippen molar-refractivity contribution < 1.29 is 4.79 Å². The summed E-state index contributed by atoms with van der Waals surface area (Å²) in [7, 11) is 0. The predicted octanol–water partition coefficient (Wildman–Crippen LogP) is 3.49. The Kier molecular flexibility index (Phi) is 5.41. The molecule has 126 valence electrons. The number of carbonyl (C=O) groups is 1. The molecular weight excluding hydrogens is 300 g/mol.